The second-order valence-corrected chi connectivity index (χ2v) is 3.76. The van der Waals surface area contributed by atoms with Crippen molar-refractivity contribution in [2.24, 2.45) is 0 Å². The summed E-state index contributed by atoms with van der Waals surface area (Å²) in [5.74, 6) is 0.552. The van der Waals surface area contributed by atoms with Crippen LogP contribution < -0.4 is 4.74 Å². The zero-order valence-corrected chi connectivity index (χ0v) is 9.23. The molecule has 0 saturated carbocycles. The van der Waals surface area contributed by atoms with Gasteiger partial charge in [0, 0.05) is 18.2 Å². The molecule has 0 aliphatic rings. The van der Waals surface area contributed by atoms with Gasteiger partial charge in [0.25, 0.3) is 0 Å². The van der Waals surface area contributed by atoms with Crippen molar-refractivity contribution in [1.82, 2.24) is 0 Å². The van der Waals surface area contributed by atoms with E-state index in [-0.39, 0.29) is 17.6 Å². The molecule has 0 radical (unpaired) electrons. The first-order valence-corrected chi connectivity index (χ1v) is 5.31. The Balaban J connectivity index is 2.56. The predicted molar refractivity (Wildman–Crippen MR) is 59.4 cm³/mol. The molecular weight excluding hydrogens is 192 g/mol. The molecule has 1 rings (SSSR count). The molecule has 0 aliphatic carbocycles. The first-order chi connectivity index (χ1) is 7.11. The summed E-state index contributed by atoms with van der Waals surface area (Å²) < 4.78 is 5.56. The number of rotatable bonds is 5. The van der Waals surface area contributed by atoms with Gasteiger partial charge in [0.05, 0.1) is 6.10 Å². The van der Waals surface area contributed by atoms with Crippen molar-refractivity contribution in [3.63, 3.8) is 0 Å². The van der Waals surface area contributed by atoms with Gasteiger partial charge in [-0.3, -0.25) is 0 Å². The third kappa shape index (κ3) is 4.11. The first kappa shape index (κ1) is 11.7. The molecule has 2 N–H and O–H groups in total. The Labute approximate surface area is 90.3 Å². The summed E-state index contributed by atoms with van der Waals surface area (Å²) in [4.78, 5) is 0. The minimum atomic E-state index is 0.0210. The topological polar surface area (TPSA) is 49.7 Å². The molecule has 0 fully saturated rings. The Morgan fingerprint density at radius 1 is 1.20 bits per heavy atom. The van der Waals surface area contributed by atoms with E-state index in [0.717, 1.165) is 19.3 Å². The summed E-state index contributed by atoms with van der Waals surface area (Å²) in [6.45, 7) is 4.11. The standard InChI is InChI=1S/C12H18O3/c1-3-4-5-9(2)15-12-7-10(13)6-11(14)8-12/h6-9,13-14H,3-5H2,1-2H3. The Hall–Kier alpha value is -1.38. The molecule has 1 aromatic carbocycles. The van der Waals surface area contributed by atoms with Crippen molar-refractivity contribution in [2.75, 3.05) is 0 Å². The quantitative estimate of drug-likeness (QED) is 0.785. The fraction of sp³-hybridized carbons (Fsp3) is 0.500. The highest BCUT2D eigenvalue weighted by molar-refractivity contribution is 5.40. The van der Waals surface area contributed by atoms with E-state index < -0.39 is 0 Å². The van der Waals surface area contributed by atoms with Crippen molar-refractivity contribution in [1.29, 1.82) is 0 Å². The summed E-state index contributed by atoms with van der Waals surface area (Å²) in [6.07, 6.45) is 3.34. The van der Waals surface area contributed by atoms with Gasteiger partial charge in [-0.1, -0.05) is 19.8 Å². The maximum atomic E-state index is 9.24. The van der Waals surface area contributed by atoms with Gasteiger partial charge in [0.15, 0.2) is 0 Å². The van der Waals surface area contributed by atoms with Gasteiger partial charge in [0.2, 0.25) is 0 Å². The van der Waals surface area contributed by atoms with E-state index in [1.54, 1.807) is 0 Å². The Morgan fingerprint density at radius 2 is 1.80 bits per heavy atom. The van der Waals surface area contributed by atoms with Crippen LogP contribution in [0.5, 0.6) is 17.2 Å². The van der Waals surface area contributed by atoms with Gasteiger partial charge >= 0.3 is 0 Å². The molecule has 0 bridgehead atoms. The van der Waals surface area contributed by atoms with E-state index in [0.29, 0.717) is 5.75 Å². The van der Waals surface area contributed by atoms with Gasteiger partial charge in [-0.25, -0.2) is 0 Å². The van der Waals surface area contributed by atoms with Crippen LogP contribution in [0.4, 0.5) is 0 Å². The minimum Gasteiger partial charge on any atom is -0.508 e. The molecular formula is C12H18O3. The van der Waals surface area contributed by atoms with Crippen LogP contribution in [-0.2, 0) is 0 Å². The van der Waals surface area contributed by atoms with E-state index in [4.69, 9.17) is 4.74 Å². The smallest absolute Gasteiger partial charge is 0.127 e. The second kappa shape index (κ2) is 5.49. The zero-order valence-electron chi connectivity index (χ0n) is 9.23. The molecule has 0 saturated heterocycles. The van der Waals surface area contributed by atoms with Gasteiger partial charge in [-0.05, 0) is 13.3 Å². The number of phenolic OH excluding ortho intramolecular Hbond substituents is 2. The SMILES string of the molecule is CCCCC(C)Oc1cc(O)cc(O)c1. The lowest BCUT2D eigenvalue weighted by molar-refractivity contribution is 0.206. The molecule has 3 nitrogen and oxygen atoms in total. The molecule has 1 unspecified atom stereocenters. The second-order valence-electron chi connectivity index (χ2n) is 3.76. The van der Waals surface area contributed by atoms with Crippen LogP contribution in [0.3, 0.4) is 0 Å². The van der Waals surface area contributed by atoms with Gasteiger partial charge in [-0.15, -0.1) is 0 Å². The van der Waals surface area contributed by atoms with Crippen molar-refractivity contribution < 1.29 is 14.9 Å². The summed E-state index contributed by atoms with van der Waals surface area (Å²) in [7, 11) is 0. The van der Waals surface area contributed by atoms with E-state index in [1.165, 1.54) is 18.2 Å². The Bertz CT molecular complexity index is 289. The summed E-state index contributed by atoms with van der Waals surface area (Å²) in [5, 5.41) is 18.5. The van der Waals surface area contributed by atoms with Crippen LogP contribution in [0.25, 0.3) is 0 Å². The number of benzene rings is 1. The van der Waals surface area contributed by atoms with Crippen LogP contribution >= 0.6 is 0 Å². The van der Waals surface area contributed by atoms with Crippen LogP contribution in [0, 0.1) is 0 Å². The van der Waals surface area contributed by atoms with E-state index in [9.17, 15) is 10.2 Å². The zero-order chi connectivity index (χ0) is 11.3. The first-order valence-electron chi connectivity index (χ1n) is 5.31. The highest BCUT2D eigenvalue weighted by Crippen LogP contribution is 2.26. The molecule has 1 aromatic rings. The molecule has 15 heavy (non-hydrogen) atoms. The summed E-state index contributed by atoms with van der Waals surface area (Å²) in [5.41, 5.74) is 0. The predicted octanol–water partition coefficient (Wildman–Crippen LogP) is 3.06. The molecule has 0 aliphatic heterocycles. The third-order valence-corrected chi connectivity index (χ3v) is 2.18. The molecule has 0 amide bonds. The van der Waals surface area contributed by atoms with Crippen molar-refractivity contribution in [3.8, 4) is 17.2 Å². The fourth-order valence-electron chi connectivity index (χ4n) is 1.42. The van der Waals surface area contributed by atoms with Crippen LogP contribution in [0.1, 0.15) is 33.1 Å². The van der Waals surface area contributed by atoms with Crippen LogP contribution in [0.2, 0.25) is 0 Å². The van der Waals surface area contributed by atoms with Crippen LogP contribution in [-0.4, -0.2) is 16.3 Å². The van der Waals surface area contributed by atoms with Crippen molar-refractivity contribution >= 4 is 0 Å². The van der Waals surface area contributed by atoms with E-state index in [1.807, 2.05) is 6.92 Å². The maximum absolute atomic E-state index is 9.24. The molecule has 0 heterocycles. The van der Waals surface area contributed by atoms with E-state index >= 15 is 0 Å². The Kier molecular flexibility index (Phi) is 4.28. The number of aromatic hydroxyl groups is 2. The average molecular weight is 210 g/mol. The minimum absolute atomic E-state index is 0.0210. The van der Waals surface area contributed by atoms with Gasteiger partial charge in [0.1, 0.15) is 17.2 Å². The van der Waals surface area contributed by atoms with Crippen molar-refractivity contribution in [2.45, 2.75) is 39.2 Å². The monoisotopic (exact) mass is 210 g/mol. The van der Waals surface area contributed by atoms with E-state index in [2.05, 4.69) is 6.92 Å². The summed E-state index contributed by atoms with van der Waals surface area (Å²) >= 11 is 0. The van der Waals surface area contributed by atoms with Crippen molar-refractivity contribution in [3.05, 3.63) is 18.2 Å². The molecule has 0 spiro atoms. The highest BCUT2D eigenvalue weighted by atomic mass is 16.5. The fourth-order valence-corrected chi connectivity index (χ4v) is 1.42. The molecule has 84 valence electrons. The number of hydrogen-bond acceptors (Lipinski definition) is 3. The largest absolute Gasteiger partial charge is 0.508 e. The van der Waals surface area contributed by atoms with Gasteiger partial charge in [-0.2, -0.15) is 0 Å². The normalized spacial score (nSPS) is 12.4. The number of ether oxygens (including phenoxy) is 1. The number of hydrogen-bond donors (Lipinski definition) is 2. The lowest BCUT2D eigenvalue weighted by Gasteiger charge is -2.14. The highest BCUT2D eigenvalue weighted by Gasteiger charge is 2.05. The lowest BCUT2D eigenvalue weighted by atomic mass is 10.2. The molecule has 0 aromatic heterocycles. The Morgan fingerprint density at radius 3 is 2.33 bits per heavy atom. The van der Waals surface area contributed by atoms with Gasteiger partial charge < -0.3 is 14.9 Å². The molecule has 3 heteroatoms. The van der Waals surface area contributed by atoms with Crippen LogP contribution in [0.15, 0.2) is 18.2 Å². The molecule has 1 atom stereocenters. The average Bonchev–Trinajstić information content (AvgIpc) is 2.13. The number of phenols is 2. The third-order valence-electron chi connectivity index (χ3n) is 2.18. The maximum Gasteiger partial charge on any atom is 0.127 e. The lowest BCUT2D eigenvalue weighted by Crippen LogP contribution is -2.11. The number of unbranched alkanes of at least 4 members (excludes halogenated alkanes) is 1. The summed E-state index contributed by atoms with van der Waals surface area (Å²) in [6, 6.07) is 4.29.